The van der Waals surface area contributed by atoms with Crippen molar-refractivity contribution >= 4 is 59.0 Å². The van der Waals surface area contributed by atoms with E-state index in [0.717, 1.165) is 22.4 Å². The number of aliphatic imine (C=N–C) groups is 1. The minimum Gasteiger partial charge on any atom is -0.322 e. The Morgan fingerprint density at radius 2 is 2.12 bits per heavy atom. The minimum absolute atomic E-state index is 0. The molecular formula is C10H9Cl3N2S. The van der Waals surface area contributed by atoms with E-state index in [1.165, 1.54) is 5.56 Å². The molecule has 2 aliphatic heterocycles. The molecule has 0 atom stereocenters. The summed E-state index contributed by atoms with van der Waals surface area (Å²) in [5.74, 6) is 0. The van der Waals surface area contributed by atoms with Crippen LogP contribution < -0.4 is 0 Å². The number of benzene rings is 1. The lowest BCUT2D eigenvalue weighted by molar-refractivity contribution is 0.560. The summed E-state index contributed by atoms with van der Waals surface area (Å²) in [5, 5.41) is 3.88. The Kier molecular flexibility index (Phi) is 4.56. The lowest BCUT2D eigenvalue weighted by atomic mass is 10.1. The first-order valence-corrected chi connectivity index (χ1v) is 5.56. The van der Waals surface area contributed by atoms with Crippen molar-refractivity contribution in [2.24, 2.45) is 4.99 Å². The molecule has 0 saturated heterocycles. The number of rotatable bonds is 0. The molecule has 1 aromatic rings. The fourth-order valence-electron chi connectivity index (χ4n) is 1.58. The van der Waals surface area contributed by atoms with Gasteiger partial charge in [0.25, 0.3) is 0 Å². The van der Waals surface area contributed by atoms with Gasteiger partial charge in [0.1, 0.15) is 0 Å². The van der Waals surface area contributed by atoms with Crippen LogP contribution in [0.5, 0.6) is 0 Å². The van der Waals surface area contributed by atoms with Crippen LogP contribution in [0.15, 0.2) is 34.8 Å². The number of hydrogen-bond donors (Lipinski definition) is 0. The Balaban J connectivity index is 0.000000640. The number of halogens is 3. The third-order valence-corrected chi connectivity index (χ3v) is 3.29. The van der Waals surface area contributed by atoms with Crippen LogP contribution in [0.1, 0.15) is 5.56 Å². The molecule has 2 aliphatic rings. The Bertz CT molecular complexity index is 459. The van der Waals surface area contributed by atoms with Crippen molar-refractivity contribution in [3.8, 4) is 0 Å². The molecule has 0 bridgehead atoms. The van der Waals surface area contributed by atoms with Gasteiger partial charge >= 0.3 is 0 Å². The lowest BCUT2D eigenvalue weighted by Gasteiger charge is -2.22. The summed E-state index contributed by atoms with van der Waals surface area (Å²) in [5.41, 5.74) is 2.23. The van der Waals surface area contributed by atoms with Gasteiger partial charge < -0.3 is 4.90 Å². The van der Waals surface area contributed by atoms with E-state index in [1.807, 2.05) is 29.8 Å². The molecule has 1 aromatic carbocycles. The zero-order valence-electron chi connectivity index (χ0n) is 8.09. The van der Waals surface area contributed by atoms with E-state index in [-0.39, 0.29) is 24.8 Å². The second-order valence-corrected chi connectivity index (χ2v) is 4.51. The normalized spacial score (nSPS) is 15.6. The fourth-order valence-corrected chi connectivity index (χ4v) is 2.52. The topological polar surface area (TPSA) is 15.6 Å². The molecule has 0 fully saturated rings. The van der Waals surface area contributed by atoms with E-state index in [4.69, 9.17) is 11.6 Å². The molecule has 86 valence electrons. The van der Waals surface area contributed by atoms with E-state index in [9.17, 15) is 0 Å². The molecule has 0 amide bonds. The first kappa shape index (κ1) is 13.7. The molecule has 2 heterocycles. The first-order chi connectivity index (χ1) is 6.83. The van der Waals surface area contributed by atoms with Gasteiger partial charge in [0.15, 0.2) is 5.17 Å². The maximum absolute atomic E-state index is 5.93. The smallest absolute Gasteiger partial charge is 0.173 e. The summed E-state index contributed by atoms with van der Waals surface area (Å²) in [6, 6.07) is 5.84. The van der Waals surface area contributed by atoms with Crippen LogP contribution in [0.2, 0.25) is 5.02 Å². The van der Waals surface area contributed by atoms with E-state index >= 15 is 0 Å². The molecular weight excluding hydrogens is 287 g/mol. The van der Waals surface area contributed by atoms with Gasteiger partial charge in [-0.3, -0.25) is 0 Å². The SMILES string of the molecule is Cl.Cl.Clc1ccc2c(c1)CN1C=CSC1=N2. The maximum Gasteiger partial charge on any atom is 0.173 e. The molecule has 2 nitrogen and oxygen atoms in total. The Hall–Kier alpha value is -0.350. The molecule has 0 saturated carbocycles. The van der Waals surface area contributed by atoms with Gasteiger partial charge in [0.05, 0.1) is 12.2 Å². The second-order valence-electron chi connectivity index (χ2n) is 3.20. The summed E-state index contributed by atoms with van der Waals surface area (Å²) >= 11 is 7.59. The Labute approximate surface area is 116 Å². The van der Waals surface area contributed by atoms with Crippen LogP contribution in [0, 0.1) is 0 Å². The zero-order valence-corrected chi connectivity index (χ0v) is 11.3. The highest BCUT2D eigenvalue weighted by Crippen LogP contribution is 2.34. The molecule has 0 unspecified atom stereocenters. The highest BCUT2D eigenvalue weighted by molar-refractivity contribution is 8.16. The summed E-state index contributed by atoms with van der Waals surface area (Å²) in [4.78, 5) is 6.66. The van der Waals surface area contributed by atoms with Gasteiger partial charge in [0.2, 0.25) is 0 Å². The van der Waals surface area contributed by atoms with Gasteiger partial charge in [-0.05, 0) is 29.2 Å². The van der Waals surface area contributed by atoms with Crippen molar-refractivity contribution in [1.82, 2.24) is 4.90 Å². The maximum atomic E-state index is 5.93. The van der Waals surface area contributed by atoms with Crippen molar-refractivity contribution in [1.29, 1.82) is 0 Å². The highest BCUT2D eigenvalue weighted by atomic mass is 35.5. The van der Waals surface area contributed by atoms with Gasteiger partial charge in [-0.25, -0.2) is 4.99 Å². The molecule has 0 radical (unpaired) electrons. The summed E-state index contributed by atoms with van der Waals surface area (Å²) in [6.45, 7) is 0.873. The third-order valence-electron chi connectivity index (χ3n) is 2.26. The van der Waals surface area contributed by atoms with Crippen LogP contribution >= 0.6 is 48.2 Å². The van der Waals surface area contributed by atoms with Crippen molar-refractivity contribution in [3.05, 3.63) is 40.4 Å². The van der Waals surface area contributed by atoms with Gasteiger partial charge in [0, 0.05) is 11.2 Å². The van der Waals surface area contributed by atoms with Crippen molar-refractivity contribution in [2.75, 3.05) is 0 Å². The Morgan fingerprint density at radius 1 is 1.31 bits per heavy atom. The monoisotopic (exact) mass is 294 g/mol. The molecule has 3 rings (SSSR count). The van der Waals surface area contributed by atoms with Crippen LogP contribution in [-0.4, -0.2) is 10.1 Å². The number of thioether (sulfide) groups is 1. The standard InChI is InChI=1S/C10H7ClN2S.2ClH/c11-8-1-2-9-7(5-8)6-13-3-4-14-10(13)12-9;;/h1-5H,6H2;2*1H. The van der Waals surface area contributed by atoms with E-state index in [0.29, 0.717) is 0 Å². The minimum atomic E-state index is 0. The van der Waals surface area contributed by atoms with Gasteiger partial charge in [-0.2, -0.15) is 0 Å². The second kappa shape index (κ2) is 5.32. The van der Waals surface area contributed by atoms with Crippen molar-refractivity contribution in [2.45, 2.75) is 6.54 Å². The van der Waals surface area contributed by atoms with E-state index in [1.54, 1.807) is 11.8 Å². The quantitative estimate of drug-likeness (QED) is 0.712. The number of amidine groups is 1. The first-order valence-electron chi connectivity index (χ1n) is 4.30. The summed E-state index contributed by atoms with van der Waals surface area (Å²) in [6.07, 6.45) is 2.05. The third kappa shape index (κ3) is 2.33. The average molecular weight is 296 g/mol. The van der Waals surface area contributed by atoms with Crippen LogP contribution in [0.4, 0.5) is 5.69 Å². The van der Waals surface area contributed by atoms with Crippen molar-refractivity contribution in [3.63, 3.8) is 0 Å². The van der Waals surface area contributed by atoms with Crippen LogP contribution in [0.25, 0.3) is 0 Å². The largest absolute Gasteiger partial charge is 0.322 e. The number of fused-ring (bicyclic) bond motifs is 2. The van der Waals surface area contributed by atoms with Crippen molar-refractivity contribution < 1.29 is 0 Å². The zero-order chi connectivity index (χ0) is 9.54. The predicted molar refractivity (Wildman–Crippen MR) is 75.3 cm³/mol. The summed E-state index contributed by atoms with van der Waals surface area (Å²) in [7, 11) is 0. The molecule has 6 heteroatoms. The van der Waals surface area contributed by atoms with E-state index < -0.39 is 0 Å². The number of hydrogen-bond acceptors (Lipinski definition) is 3. The predicted octanol–water partition coefficient (Wildman–Crippen LogP) is 4.20. The average Bonchev–Trinajstić information content (AvgIpc) is 2.61. The summed E-state index contributed by atoms with van der Waals surface area (Å²) < 4.78 is 0. The fraction of sp³-hybridized carbons (Fsp3) is 0.100. The molecule has 0 N–H and O–H groups in total. The van der Waals surface area contributed by atoms with Gasteiger partial charge in [-0.15, -0.1) is 24.8 Å². The van der Waals surface area contributed by atoms with E-state index in [2.05, 4.69) is 9.89 Å². The number of nitrogens with zero attached hydrogens (tertiary/aromatic N) is 2. The molecule has 0 aliphatic carbocycles. The van der Waals surface area contributed by atoms with Crippen LogP contribution in [-0.2, 0) is 6.54 Å². The Morgan fingerprint density at radius 3 is 2.94 bits per heavy atom. The highest BCUT2D eigenvalue weighted by Gasteiger charge is 2.21. The van der Waals surface area contributed by atoms with Crippen LogP contribution in [0.3, 0.4) is 0 Å². The molecule has 0 aromatic heterocycles. The molecule has 0 spiro atoms. The molecule has 16 heavy (non-hydrogen) atoms. The van der Waals surface area contributed by atoms with Gasteiger partial charge in [-0.1, -0.05) is 23.4 Å². The lowest BCUT2D eigenvalue weighted by Crippen LogP contribution is -2.21.